The molecule has 0 saturated heterocycles. The van der Waals surface area contributed by atoms with E-state index in [9.17, 15) is 29.4 Å². The molecule has 0 spiro atoms. The lowest BCUT2D eigenvalue weighted by Crippen LogP contribution is -2.62. The highest BCUT2D eigenvalue weighted by Gasteiger charge is 2.68. The first-order chi connectivity index (χ1) is 15.8. The molecule has 4 aliphatic carbocycles. The lowest BCUT2D eigenvalue weighted by molar-refractivity contribution is -0.182. The third-order valence-corrected chi connectivity index (χ3v) is 9.34. The van der Waals surface area contributed by atoms with Crippen LogP contribution in [0.5, 0.6) is 0 Å². The highest BCUT2D eigenvalue weighted by atomic mass is 16.5. The Kier molecular flexibility index (Phi) is 6.13. The summed E-state index contributed by atoms with van der Waals surface area (Å²) < 4.78 is 4.98. The summed E-state index contributed by atoms with van der Waals surface area (Å²) in [5.74, 6) is -2.51. The number of aliphatic carboxylic acids is 1. The minimum absolute atomic E-state index is 0.00980. The first-order valence-corrected chi connectivity index (χ1v) is 12.1. The van der Waals surface area contributed by atoms with E-state index in [4.69, 9.17) is 9.84 Å². The normalized spacial score (nSPS) is 42.8. The molecule has 8 heteroatoms. The van der Waals surface area contributed by atoms with Crippen LogP contribution in [0.1, 0.15) is 59.3 Å². The Morgan fingerprint density at radius 1 is 1.21 bits per heavy atom. The molecule has 4 rings (SSSR count). The van der Waals surface area contributed by atoms with Crippen molar-refractivity contribution in [2.75, 3.05) is 6.61 Å². The third-order valence-electron chi connectivity index (χ3n) is 9.34. The zero-order chi connectivity index (χ0) is 25.1. The Morgan fingerprint density at radius 2 is 1.91 bits per heavy atom. The van der Waals surface area contributed by atoms with Gasteiger partial charge < -0.3 is 20.1 Å². The van der Waals surface area contributed by atoms with Crippen molar-refractivity contribution in [1.29, 1.82) is 0 Å². The van der Waals surface area contributed by atoms with Gasteiger partial charge in [0.2, 0.25) is 5.78 Å². The summed E-state index contributed by atoms with van der Waals surface area (Å²) in [5.41, 5.74) is -2.04. The van der Waals surface area contributed by atoms with Gasteiger partial charge in [0.1, 0.15) is 5.60 Å². The molecular formula is C26H34O8. The van der Waals surface area contributed by atoms with Gasteiger partial charge in [0, 0.05) is 16.7 Å². The number of carbonyl (C=O) groups is 4. The summed E-state index contributed by atoms with van der Waals surface area (Å²) in [5, 5.41) is 31.7. The number of esters is 1. The van der Waals surface area contributed by atoms with Crippen LogP contribution in [0.2, 0.25) is 0 Å². The monoisotopic (exact) mass is 474 g/mol. The summed E-state index contributed by atoms with van der Waals surface area (Å²) in [6, 6.07) is 0. The van der Waals surface area contributed by atoms with Crippen LogP contribution in [-0.2, 0) is 23.9 Å². The molecule has 8 nitrogen and oxygen atoms in total. The molecule has 186 valence electrons. The number of hydrogen-bond acceptors (Lipinski definition) is 7. The number of ketones is 2. The van der Waals surface area contributed by atoms with Crippen LogP contribution < -0.4 is 0 Å². The fourth-order valence-electron chi connectivity index (χ4n) is 7.76. The predicted molar refractivity (Wildman–Crippen MR) is 120 cm³/mol. The Morgan fingerprint density at radius 3 is 2.59 bits per heavy atom. The van der Waals surface area contributed by atoms with Gasteiger partial charge in [-0.05, 0) is 55.6 Å². The van der Waals surface area contributed by atoms with Gasteiger partial charge in [-0.2, -0.15) is 0 Å². The van der Waals surface area contributed by atoms with Gasteiger partial charge in [0.15, 0.2) is 12.4 Å². The number of ether oxygens (including phenoxy) is 1. The second-order valence-electron chi connectivity index (χ2n) is 11.1. The number of aliphatic hydroxyl groups is 2. The van der Waals surface area contributed by atoms with Crippen LogP contribution in [0.4, 0.5) is 0 Å². The van der Waals surface area contributed by atoms with Crippen LogP contribution in [0, 0.1) is 34.5 Å². The number of fused-ring (bicyclic) bond motifs is 5. The van der Waals surface area contributed by atoms with E-state index in [1.165, 1.54) is 0 Å². The van der Waals surface area contributed by atoms with E-state index < -0.39 is 46.9 Å². The van der Waals surface area contributed by atoms with Crippen molar-refractivity contribution in [3.05, 3.63) is 23.8 Å². The molecule has 4 unspecified atom stereocenters. The molecule has 8 atom stereocenters. The summed E-state index contributed by atoms with van der Waals surface area (Å²) in [7, 11) is 0. The van der Waals surface area contributed by atoms with Crippen LogP contribution >= 0.6 is 0 Å². The summed E-state index contributed by atoms with van der Waals surface area (Å²) in [4.78, 5) is 47.7. The average Bonchev–Trinajstić information content (AvgIpc) is 3.03. The van der Waals surface area contributed by atoms with Gasteiger partial charge >= 0.3 is 11.9 Å². The molecule has 0 amide bonds. The van der Waals surface area contributed by atoms with Gasteiger partial charge in [-0.1, -0.05) is 32.4 Å². The van der Waals surface area contributed by atoms with Crippen molar-refractivity contribution >= 4 is 23.5 Å². The molecule has 3 saturated carbocycles. The van der Waals surface area contributed by atoms with Crippen LogP contribution in [-0.4, -0.2) is 57.1 Å². The maximum Gasteiger partial charge on any atom is 0.306 e. The largest absolute Gasteiger partial charge is 0.481 e. The van der Waals surface area contributed by atoms with Crippen LogP contribution in [0.3, 0.4) is 0 Å². The van der Waals surface area contributed by atoms with Crippen molar-refractivity contribution in [2.45, 2.75) is 71.0 Å². The lowest BCUT2D eigenvalue weighted by atomic mass is 9.45. The molecule has 0 aromatic heterocycles. The lowest BCUT2D eigenvalue weighted by Gasteiger charge is -2.60. The van der Waals surface area contributed by atoms with E-state index >= 15 is 0 Å². The predicted octanol–water partition coefficient (Wildman–Crippen LogP) is 2.22. The second kappa shape index (κ2) is 8.41. The number of allylic oxidation sites excluding steroid dienone is 4. The Balaban J connectivity index is 1.56. The fraction of sp³-hybridized carbons (Fsp3) is 0.692. The summed E-state index contributed by atoms with van der Waals surface area (Å²) in [6.07, 6.45) is 5.52. The highest BCUT2D eigenvalue weighted by Crippen LogP contribution is 2.67. The number of carbonyl (C=O) groups excluding carboxylic acids is 3. The van der Waals surface area contributed by atoms with E-state index in [1.54, 1.807) is 12.2 Å². The molecule has 4 aliphatic rings. The van der Waals surface area contributed by atoms with E-state index in [1.807, 2.05) is 13.0 Å². The Bertz CT molecular complexity index is 981. The number of carboxylic acids is 1. The van der Waals surface area contributed by atoms with Gasteiger partial charge in [-0.25, -0.2) is 0 Å². The van der Waals surface area contributed by atoms with E-state index in [0.29, 0.717) is 6.42 Å². The Labute approximate surface area is 199 Å². The molecule has 3 N–H and O–H groups in total. The van der Waals surface area contributed by atoms with E-state index in [2.05, 4.69) is 13.8 Å². The minimum atomic E-state index is -1.74. The van der Waals surface area contributed by atoms with Crippen LogP contribution in [0.15, 0.2) is 23.8 Å². The molecule has 0 bridgehead atoms. The molecule has 0 aliphatic heterocycles. The SMILES string of the molecule is C[C@@H]1CC2C(C(O)C[C@]3(C)C2CC[C@@]3(O)C(=O)COC(=O)CCC(=O)O)[C@]2(C)C=CC(=O)C=C12. The van der Waals surface area contributed by atoms with Gasteiger partial charge in [-0.15, -0.1) is 0 Å². The zero-order valence-corrected chi connectivity index (χ0v) is 20.0. The maximum atomic E-state index is 13.1. The number of hydrogen-bond donors (Lipinski definition) is 3. The number of carboxylic acid groups (broad SMARTS) is 1. The maximum absolute atomic E-state index is 13.1. The number of Topliss-reactive ketones (excluding diaryl/α,β-unsaturated/α-hetero) is 1. The minimum Gasteiger partial charge on any atom is -0.481 e. The smallest absolute Gasteiger partial charge is 0.306 e. The first kappa shape index (κ1) is 24.8. The summed E-state index contributed by atoms with van der Waals surface area (Å²) >= 11 is 0. The summed E-state index contributed by atoms with van der Waals surface area (Å²) in [6.45, 7) is 5.40. The van der Waals surface area contributed by atoms with Crippen molar-refractivity contribution in [2.24, 2.45) is 34.5 Å². The molecule has 0 aromatic carbocycles. The molecule has 0 aromatic rings. The van der Waals surface area contributed by atoms with Crippen molar-refractivity contribution < 1.29 is 39.2 Å². The zero-order valence-electron chi connectivity index (χ0n) is 20.0. The van der Waals surface area contributed by atoms with E-state index in [0.717, 1.165) is 12.0 Å². The number of aliphatic hydroxyl groups excluding tert-OH is 1. The molecule has 0 heterocycles. The average molecular weight is 475 g/mol. The third kappa shape index (κ3) is 3.66. The molecular weight excluding hydrogens is 440 g/mol. The van der Waals surface area contributed by atoms with Gasteiger partial charge in [0.05, 0.1) is 18.9 Å². The van der Waals surface area contributed by atoms with Gasteiger partial charge in [-0.3, -0.25) is 19.2 Å². The molecule has 34 heavy (non-hydrogen) atoms. The standard InChI is InChI=1S/C26H34O8/c1-14-10-16-17-7-9-26(33,20(29)13-34-22(32)5-4-21(30)31)25(17,3)12-19(28)23(16)24(2)8-6-15(27)11-18(14)24/h6,8,11,14,16-17,19,23,28,33H,4-5,7,9-10,12-13H2,1-3H3,(H,30,31)/t14-,16?,17?,19?,23?,24-,25-,26-/m1/s1. The van der Waals surface area contributed by atoms with E-state index in [-0.39, 0.29) is 55.1 Å². The quantitative estimate of drug-likeness (QED) is 0.498. The number of rotatable bonds is 6. The fourth-order valence-corrected chi connectivity index (χ4v) is 7.76. The topological polar surface area (TPSA) is 138 Å². The molecule has 3 fully saturated rings. The van der Waals surface area contributed by atoms with Crippen molar-refractivity contribution in [3.63, 3.8) is 0 Å². The first-order valence-electron chi connectivity index (χ1n) is 12.1. The molecule has 0 radical (unpaired) electrons. The highest BCUT2D eigenvalue weighted by molar-refractivity contribution is 6.01. The van der Waals surface area contributed by atoms with Crippen molar-refractivity contribution in [3.8, 4) is 0 Å². The van der Waals surface area contributed by atoms with Crippen LogP contribution in [0.25, 0.3) is 0 Å². The van der Waals surface area contributed by atoms with Crippen molar-refractivity contribution in [1.82, 2.24) is 0 Å². The van der Waals surface area contributed by atoms with Gasteiger partial charge in [0.25, 0.3) is 0 Å². The second-order valence-corrected chi connectivity index (χ2v) is 11.1. The Hall–Kier alpha value is -2.32.